The van der Waals surface area contributed by atoms with Crippen molar-refractivity contribution in [2.45, 2.75) is 0 Å². The van der Waals surface area contributed by atoms with Gasteiger partial charge in [-0.05, 0) is 0 Å². The molecule has 1 aliphatic heterocycles. The number of nitrogens with two attached hydrogens (primary N) is 1. The molecule has 0 unspecified atom stereocenters. The molecule has 1 heterocycles. The number of rotatable bonds is 3. The molecular weight excluding hydrogens is 150 g/mol. The molecule has 0 atom stereocenters. The van der Waals surface area contributed by atoms with Gasteiger partial charge in [0.05, 0.1) is 19.4 Å². The first-order valence-corrected chi connectivity index (χ1v) is 3.14. The number of hydroxylamine groups is 4. The Morgan fingerprint density at radius 2 is 2.55 bits per heavy atom. The van der Waals surface area contributed by atoms with E-state index in [1.165, 1.54) is 11.3 Å². The zero-order valence-electron chi connectivity index (χ0n) is 6.23. The predicted octanol–water partition coefficient (Wildman–Crippen LogP) is -0.756. The van der Waals surface area contributed by atoms with E-state index in [0.717, 1.165) is 0 Å². The predicted molar refractivity (Wildman–Crippen MR) is 35.6 cm³/mol. The summed E-state index contributed by atoms with van der Waals surface area (Å²) in [5, 5.41) is 10.7. The van der Waals surface area contributed by atoms with E-state index in [1.54, 1.807) is 7.11 Å². The van der Waals surface area contributed by atoms with Crippen molar-refractivity contribution in [3.8, 4) is 0 Å². The molecule has 11 heavy (non-hydrogen) atoms. The van der Waals surface area contributed by atoms with Gasteiger partial charge >= 0.3 is 0 Å². The Kier molecular flexibility index (Phi) is 2.53. The zero-order valence-corrected chi connectivity index (χ0v) is 6.23. The molecule has 0 fully saturated rings. The maximum Gasteiger partial charge on any atom is 0.175 e. The van der Waals surface area contributed by atoms with Crippen LogP contribution >= 0.6 is 0 Å². The van der Waals surface area contributed by atoms with Gasteiger partial charge in [-0.2, -0.15) is 0 Å². The Hall–Kier alpha value is -0.980. The lowest BCUT2D eigenvalue weighted by molar-refractivity contribution is -0.387. The van der Waals surface area contributed by atoms with E-state index >= 15 is 0 Å². The summed E-state index contributed by atoms with van der Waals surface area (Å²) in [4.78, 5) is 4.70. The van der Waals surface area contributed by atoms with Gasteiger partial charge in [-0.25, -0.2) is 5.06 Å². The van der Waals surface area contributed by atoms with Gasteiger partial charge in [-0.3, -0.25) is 5.21 Å². The minimum atomic E-state index is 0.154. The van der Waals surface area contributed by atoms with Gasteiger partial charge in [-0.15, -0.1) is 4.94 Å². The molecule has 64 valence electrons. The van der Waals surface area contributed by atoms with Crippen LogP contribution in [0.4, 0.5) is 0 Å². The monoisotopic (exact) mass is 161 g/mol. The molecule has 0 bridgehead atoms. The molecule has 6 nitrogen and oxygen atoms in total. The summed E-state index contributed by atoms with van der Waals surface area (Å²) in [5.74, 6) is 0.154. The van der Waals surface area contributed by atoms with Crippen molar-refractivity contribution in [2.24, 2.45) is 5.73 Å². The van der Waals surface area contributed by atoms with Crippen molar-refractivity contribution < 1.29 is 14.9 Å². The van der Waals surface area contributed by atoms with Crippen LogP contribution in [0.25, 0.3) is 0 Å². The number of nitrogens with zero attached hydrogens (tertiary/aromatic N) is 2. The number of methoxy groups -OCH3 is 1. The van der Waals surface area contributed by atoms with E-state index in [-0.39, 0.29) is 5.82 Å². The second kappa shape index (κ2) is 3.42. The first-order valence-electron chi connectivity index (χ1n) is 3.14. The van der Waals surface area contributed by atoms with Crippen molar-refractivity contribution in [1.29, 1.82) is 0 Å². The highest BCUT2D eigenvalue weighted by molar-refractivity contribution is 4.91. The highest BCUT2D eigenvalue weighted by Crippen LogP contribution is 2.08. The highest BCUT2D eigenvalue weighted by atomic mass is 17.0. The van der Waals surface area contributed by atoms with Gasteiger partial charge in [0.15, 0.2) is 5.82 Å². The molecule has 6 heteroatoms. The molecular formula is C5H11N3O3. The lowest BCUT2D eigenvalue weighted by Crippen LogP contribution is -2.25. The second-order valence-corrected chi connectivity index (χ2v) is 2.04. The van der Waals surface area contributed by atoms with Crippen molar-refractivity contribution >= 4 is 0 Å². The standard InChI is InChI=1S/C5H11N3O3/c1-10-3-2-7-4-5(6)8(9)11-7/h4,9H,2-3,6H2,1H3. The third-order valence-corrected chi connectivity index (χ3v) is 1.20. The van der Waals surface area contributed by atoms with E-state index in [1.807, 2.05) is 0 Å². The van der Waals surface area contributed by atoms with Crippen LogP contribution in [0.5, 0.6) is 0 Å². The highest BCUT2D eigenvalue weighted by Gasteiger charge is 2.17. The largest absolute Gasteiger partial charge is 0.383 e. The molecule has 1 rings (SSSR count). The molecule has 1 aliphatic rings. The van der Waals surface area contributed by atoms with Gasteiger partial charge in [0.1, 0.15) is 0 Å². The first kappa shape index (κ1) is 8.12. The van der Waals surface area contributed by atoms with Gasteiger partial charge < -0.3 is 10.5 Å². The number of hydrogen-bond acceptors (Lipinski definition) is 6. The van der Waals surface area contributed by atoms with Crippen LogP contribution in [0.2, 0.25) is 0 Å². The summed E-state index contributed by atoms with van der Waals surface area (Å²) >= 11 is 0. The van der Waals surface area contributed by atoms with Crippen LogP contribution < -0.4 is 5.73 Å². The Morgan fingerprint density at radius 1 is 1.82 bits per heavy atom. The minimum Gasteiger partial charge on any atom is -0.383 e. The van der Waals surface area contributed by atoms with E-state index in [0.29, 0.717) is 18.4 Å². The molecule has 0 aromatic rings. The fraction of sp³-hybridized carbons (Fsp3) is 0.600. The lowest BCUT2D eigenvalue weighted by Gasteiger charge is -2.13. The second-order valence-electron chi connectivity index (χ2n) is 2.04. The van der Waals surface area contributed by atoms with E-state index in [4.69, 9.17) is 20.6 Å². The molecule has 0 amide bonds. The molecule has 0 saturated carbocycles. The quantitative estimate of drug-likeness (QED) is 0.567. The Labute approximate surface area is 64.2 Å². The summed E-state index contributed by atoms with van der Waals surface area (Å²) in [6, 6.07) is 0. The molecule has 0 radical (unpaired) electrons. The average molecular weight is 161 g/mol. The lowest BCUT2D eigenvalue weighted by atomic mass is 10.6. The molecule has 0 saturated heterocycles. The number of ether oxygens (including phenoxy) is 1. The van der Waals surface area contributed by atoms with Gasteiger partial charge in [-0.1, -0.05) is 5.23 Å². The smallest absolute Gasteiger partial charge is 0.175 e. The molecule has 0 aromatic carbocycles. The van der Waals surface area contributed by atoms with Crippen LogP contribution in [0.15, 0.2) is 12.0 Å². The third-order valence-electron chi connectivity index (χ3n) is 1.20. The van der Waals surface area contributed by atoms with Crippen LogP contribution in [0.1, 0.15) is 0 Å². The topological polar surface area (TPSA) is 71.2 Å². The Balaban J connectivity index is 2.29. The Bertz CT molecular complexity index is 161. The van der Waals surface area contributed by atoms with Crippen molar-refractivity contribution in [1.82, 2.24) is 10.3 Å². The summed E-state index contributed by atoms with van der Waals surface area (Å²) in [6.07, 6.45) is 1.47. The summed E-state index contributed by atoms with van der Waals surface area (Å²) < 4.78 is 4.78. The minimum absolute atomic E-state index is 0.154. The van der Waals surface area contributed by atoms with Gasteiger partial charge in [0.25, 0.3) is 0 Å². The first-order chi connectivity index (χ1) is 5.24. The maximum absolute atomic E-state index is 8.80. The zero-order chi connectivity index (χ0) is 8.27. The number of hydrogen-bond donors (Lipinski definition) is 2. The fourth-order valence-corrected chi connectivity index (χ4v) is 0.654. The molecule has 0 aromatic heterocycles. The van der Waals surface area contributed by atoms with Crippen molar-refractivity contribution in [3.63, 3.8) is 0 Å². The summed E-state index contributed by atoms with van der Waals surface area (Å²) in [6.45, 7) is 1.03. The van der Waals surface area contributed by atoms with E-state index in [2.05, 4.69) is 0 Å². The summed E-state index contributed by atoms with van der Waals surface area (Å²) in [5.41, 5.74) is 5.27. The fourth-order valence-electron chi connectivity index (χ4n) is 0.654. The van der Waals surface area contributed by atoms with Gasteiger partial charge in [0, 0.05) is 7.11 Å². The summed E-state index contributed by atoms with van der Waals surface area (Å²) in [7, 11) is 1.58. The van der Waals surface area contributed by atoms with Crippen LogP contribution in [-0.4, -0.2) is 35.8 Å². The Morgan fingerprint density at radius 3 is 3.00 bits per heavy atom. The van der Waals surface area contributed by atoms with Crippen molar-refractivity contribution in [3.05, 3.63) is 12.0 Å². The van der Waals surface area contributed by atoms with Crippen LogP contribution in [-0.2, 0) is 9.68 Å². The van der Waals surface area contributed by atoms with Crippen LogP contribution in [0.3, 0.4) is 0 Å². The maximum atomic E-state index is 8.80. The molecule has 3 N–H and O–H groups in total. The van der Waals surface area contributed by atoms with Crippen molar-refractivity contribution in [2.75, 3.05) is 20.3 Å². The normalized spacial score (nSPS) is 17.5. The average Bonchev–Trinajstić information content (AvgIpc) is 2.28. The van der Waals surface area contributed by atoms with E-state index < -0.39 is 0 Å². The van der Waals surface area contributed by atoms with Gasteiger partial charge in [0.2, 0.25) is 0 Å². The van der Waals surface area contributed by atoms with E-state index in [9.17, 15) is 0 Å². The SMILES string of the molecule is COCCN1C=C(N)N(O)O1. The third kappa shape index (κ3) is 1.97. The molecule has 0 aliphatic carbocycles. The van der Waals surface area contributed by atoms with Crippen LogP contribution in [0, 0.1) is 0 Å². The molecule has 0 spiro atoms.